The monoisotopic (exact) mass is 343 g/mol. The lowest BCUT2D eigenvalue weighted by atomic mass is 10.0. The van der Waals surface area contributed by atoms with E-state index in [1.165, 1.54) is 5.56 Å². The van der Waals surface area contributed by atoms with Crippen LogP contribution in [0.4, 0.5) is 0 Å². The van der Waals surface area contributed by atoms with E-state index in [0.717, 1.165) is 10.6 Å². The number of hydrogen-bond acceptors (Lipinski definition) is 2. The Balaban J connectivity index is 1.80. The standard InChI is InChI=1S/C20H22ClNO2/c1-12-5-10-16(24-4)15(11-12)19(23)22-18-17(20(18,2)3)13-6-8-14(21)9-7-13/h5-11,17-18H,1-4H3,(H,22,23)/t17-,18-/m1/s1. The third kappa shape index (κ3) is 3.01. The van der Waals surface area contributed by atoms with Crippen LogP contribution >= 0.6 is 11.6 Å². The topological polar surface area (TPSA) is 38.3 Å². The zero-order valence-electron chi connectivity index (χ0n) is 14.4. The Labute approximate surface area is 148 Å². The molecule has 3 nitrogen and oxygen atoms in total. The van der Waals surface area contributed by atoms with Crippen molar-refractivity contribution >= 4 is 17.5 Å². The molecule has 1 aliphatic rings. The Morgan fingerprint density at radius 1 is 1.17 bits per heavy atom. The second-order valence-corrected chi connectivity index (χ2v) is 7.44. The summed E-state index contributed by atoms with van der Waals surface area (Å²) in [4.78, 5) is 12.7. The number of aryl methyl sites for hydroxylation is 1. The maximum Gasteiger partial charge on any atom is 0.255 e. The predicted molar refractivity (Wildman–Crippen MR) is 97.0 cm³/mol. The summed E-state index contributed by atoms with van der Waals surface area (Å²) in [6.45, 7) is 6.31. The molecule has 24 heavy (non-hydrogen) atoms. The van der Waals surface area contributed by atoms with E-state index in [2.05, 4.69) is 19.2 Å². The van der Waals surface area contributed by atoms with Gasteiger partial charge in [0, 0.05) is 17.0 Å². The fraction of sp³-hybridized carbons (Fsp3) is 0.350. The van der Waals surface area contributed by atoms with Gasteiger partial charge >= 0.3 is 0 Å². The first kappa shape index (κ1) is 16.8. The van der Waals surface area contributed by atoms with Crippen molar-refractivity contribution in [3.63, 3.8) is 0 Å². The van der Waals surface area contributed by atoms with Gasteiger partial charge in [0.15, 0.2) is 0 Å². The lowest BCUT2D eigenvalue weighted by Gasteiger charge is -2.11. The molecule has 0 saturated heterocycles. The summed E-state index contributed by atoms with van der Waals surface area (Å²) >= 11 is 5.97. The Kier molecular flexibility index (Phi) is 4.31. The molecule has 4 heteroatoms. The maximum atomic E-state index is 12.7. The van der Waals surface area contributed by atoms with Crippen LogP contribution in [0.15, 0.2) is 42.5 Å². The molecule has 0 aliphatic heterocycles. The van der Waals surface area contributed by atoms with Crippen molar-refractivity contribution in [2.75, 3.05) is 7.11 Å². The van der Waals surface area contributed by atoms with Crippen LogP contribution in [0.1, 0.15) is 41.3 Å². The predicted octanol–water partition coefficient (Wildman–Crippen LogP) is 4.58. The van der Waals surface area contributed by atoms with Gasteiger partial charge in [-0.2, -0.15) is 0 Å². The molecule has 1 amide bonds. The Hall–Kier alpha value is -2.00. The second kappa shape index (κ2) is 6.14. The fourth-order valence-corrected chi connectivity index (χ4v) is 3.54. The van der Waals surface area contributed by atoms with Gasteiger partial charge < -0.3 is 10.1 Å². The number of hydrogen-bond donors (Lipinski definition) is 1. The van der Waals surface area contributed by atoms with Crippen molar-refractivity contribution in [3.05, 3.63) is 64.2 Å². The average molecular weight is 344 g/mol. The van der Waals surface area contributed by atoms with Gasteiger partial charge in [0.25, 0.3) is 5.91 Å². The lowest BCUT2D eigenvalue weighted by Crippen LogP contribution is -2.29. The van der Waals surface area contributed by atoms with Crippen molar-refractivity contribution in [1.82, 2.24) is 5.32 Å². The van der Waals surface area contributed by atoms with Crippen LogP contribution in [0.3, 0.4) is 0 Å². The number of methoxy groups -OCH3 is 1. The lowest BCUT2D eigenvalue weighted by molar-refractivity contribution is 0.0943. The molecule has 0 unspecified atom stereocenters. The number of benzene rings is 2. The van der Waals surface area contributed by atoms with E-state index in [1.807, 2.05) is 49.4 Å². The first-order chi connectivity index (χ1) is 11.3. The van der Waals surface area contributed by atoms with Crippen LogP contribution in [-0.4, -0.2) is 19.1 Å². The second-order valence-electron chi connectivity index (χ2n) is 7.01. The van der Waals surface area contributed by atoms with Gasteiger partial charge in [0.05, 0.1) is 12.7 Å². The van der Waals surface area contributed by atoms with E-state index in [9.17, 15) is 4.79 Å². The van der Waals surface area contributed by atoms with Crippen molar-refractivity contribution in [3.8, 4) is 5.75 Å². The van der Waals surface area contributed by atoms with E-state index >= 15 is 0 Å². The molecule has 0 aromatic heterocycles. The smallest absolute Gasteiger partial charge is 0.255 e. The van der Waals surface area contributed by atoms with Crippen LogP contribution < -0.4 is 10.1 Å². The largest absolute Gasteiger partial charge is 0.496 e. The Morgan fingerprint density at radius 2 is 1.83 bits per heavy atom. The van der Waals surface area contributed by atoms with Gasteiger partial charge in [-0.15, -0.1) is 0 Å². The van der Waals surface area contributed by atoms with Crippen LogP contribution in [0.5, 0.6) is 5.75 Å². The molecule has 2 aromatic rings. The van der Waals surface area contributed by atoms with Crippen LogP contribution in [0, 0.1) is 12.3 Å². The molecule has 3 rings (SSSR count). The van der Waals surface area contributed by atoms with E-state index in [0.29, 0.717) is 11.3 Å². The van der Waals surface area contributed by atoms with Crippen molar-refractivity contribution in [2.45, 2.75) is 32.7 Å². The minimum Gasteiger partial charge on any atom is -0.496 e. The van der Waals surface area contributed by atoms with Gasteiger partial charge in [0.2, 0.25) is 0 Å². The molecule has 2 atom stereocenters. The summed E-state index contributed by atoms with van der Waals surface area (Å²) in [5.41, 5.74) is 2.83. The maximum absolute atomic E-state index is 12.7. The number of halogens is 1. The summed E-state index contributed by atoms with van der Waals surface area (Å²) in [6.07, 6.45) is 0. The van der Waals surface area contributed by atoms with Gasteiger partial charge in [-0.3, -0.25) is 4.79 Å². The zero-order valence-corrected chi connectivity index (χ0v) is 15.1. The molecule has 1 fully saturated rings. The van der Waals surface area contributed by atoms with Crippen LogP contribution in [-0.2, 0) is 0 Å². The van der Waals surface area contributed by atoms with E-state index < -0.39 is 0 Å². The number of carbonyl (C=O) groups excluding carboxylic acids is 1. The summed E-state index contributed by atoms with van der Waals surface area (Å²) in [7, 11) is 1.58. The van der Waals surface area contributed by atoms with Gasteiger partial charge in [-0.25, -0.2) is 0 Å². The molecule has 0 bridgehead atoms. The highest BCUT2D eigenvalue weighted by Crippen LogP contribution is 2.58. The summed E-state index contributed by atoms with van der Waals surface area (Å²) < 4.78 is 5.32. The molecule has 0 heterocycles. The molecule has 2 aromatic carbocycles. The van der Waals surface area contributed by atoms with Gasteiger partial charge in [0.1, 0.15) is 5.75 Å². The number of rotatable bonds is 4. The molecule has 1 N–H and O–H groups in total. The summed E-state index contributed by atoms with van der Waals surface area (Å²) in [5, 5.41) is 3.90. The van der Waals surface area contributed by atoms with E-state index in [4.69, 9.17) is 16.3 Å². The number of ether oxygens (including phenoxy) is 1. The van der Waals surface area contributed by atoms with Gasteiger partial charge in [-0.05, 0) is 42.2 Å². The minimum atomic E-state index is -0.0925. The Bertz CT molecular complexity index is 768. The third-order valence-corrected chi connectivity index (χ3v) is 5.19. The first-order valence-electron chi connectivity index (χ1n) is 8.05. The average Bonchev–Trinajstić information content (AvgIpc) is 3.08. The molecule has 0 spiro atoms. The van der Waals surface area contributed by atoms with Crippen LogP contribution in [0.2, 0.25) is 5.02 Å². The van der Waals surface area contributed by atoms with Gasteiger partial charge in [-0.1, -0.05) is 49.2 Å². The highest BCUT2D eigenvalue weighted by atomic mass is 35.5. The molecular weight excluding hydrogens is 322 g/mol. The van der Waals surface area contributed by atoms with E-state index in [1.54, 1.807) is 7.11 Å². The fourth-order valence-electron chi connectivity index (χ4n) is 3.42. The molecule has 1 aliphatic carbocycles. The highest BCUT2D eigenvalue weighted by Gasteiger charge is 2.59. The number of nitrogens with one attached hydrogen (secondary N) is 1. The molecule has 1 saturated carbocycles. The van der Waals surface area contributed by atoms with Crippen LogP contribution in [0.25, 0.3) is 0 Å². The molecule has 126 valence electrons. The van der Waals surface area contributed by atoms with Crippen molar-refractivity contribution < 1.29 is 9.53 Å². The Morgan fingerprint density at radius 3 is 2.46 bits per heavy atom. The molecule has 0 radical (unpaired) electrons. The summed E-state index contributed by atoms with van der Waals surface area (Å²) in [5.74, 6) is 0.791. The molecular formula is C20H22ClNO2. The SMILES string of the molecule is COc1ccc(C)cc1C(=O)N[C@@H]1[C@@H](c2ccc(Cl)cc2)C1(C)C. The quantitative estimate of drug-likeness (QED) is 0.882. The normalized spacial score (nSPS) is 21.2. The zero-order chi connectivity index (χ0) is 17.5. The summed E-state index contributed by atoms with van der Waals surface area (Å²) in [6, 6.07) is 13.6. The van der Waals surface area contributed by atoms with E-state index in [-0.39, 0.29) is 23.3 Å². The number of carbonyl (C=O) groups is 1. The highest BCUT2D eigenvalue weighted by molar-refractivity contribution is 6.30. The third-order valence-electron chi connectivity index (χ3n) is 4.94. The minimum absolute atomic E-state index is 0.0144. The van der Waals surface area contributed by atoms with Crippen molar-refractivity contribution in [2.24, 2.45) is 5.41 Å². The van der Waals surface area contributed by atoms with Crippen molar-refractivity contribution in [1.29, 1.82) is 0 Å². The number of amides is 1. The first-order valence-corrected chi connectivity index (χ1v) is 8.43.